The maximum atomic E-state index is 5.58. The Bertz CT molecular complexity index is 4230. The van der Waals surface area contributed by atoms with E-state index >= 15 is 0 Å². The van der Waals surface area contributed by atoms with Crippen molar-refractivity contribution in [1.82, 2.24) is 28.9 Å². The number of benzene rings is 11. The summed E-state index contributed by atoms with van der Waals surface area (Å²) in [6.45, 7) is 0. The van der Waals surface area contributed by atoms with Gasteiger partial charge in [0.2, 0.25) is 5.78 Å². The normalized spacial score (nSPS) is 11.4. The van der Waals surface area contributed by atoms with E-state index in [4.69, 9.17) is 19.9 Å². The second-order valence-corrected chi connectivity index (χ2v) is 19.0. The molecule has 0 aliphatic rings. The van der Waals surface area contributed by atoms with Gasteiger partial charge in [0.1, 0.15) is 0 Å². The predicted octanol–water partition coefficient (Wildman–Crippen LogP) is 17.6. The molecule has 6 nitrogen and oxygen atoms in total. The molecule has 0 amide bonds. The van der Waals surface area contributed by atoms with Crippen molar-refractivity contribution in [2.45, 2.75) is 0 Å². The minimum Gasteiger partial charge on any atom is -0.277 e. The molecular weight excluding hydrogens is 925 g/mol. The largest absolute Gasteiger partial charge is 0.277 e. The van der Waals surface area contributed by atoms with Crippen molar-refractivity contribution in [2.24, 2.45) is 0 Å². The molecule has 3 heterocycles. The smallest absolute Gasteiger partial charge is 0.220 e. The van der Waals surface area contributed by atoms with E-state index in [1.807, 2.05) is 36.4 Å². The van der Waals surface area contributed by atoms with Crippen LogP contribution < -0.4 is 0 Å². The molecule has 0 fully saturated rings. The summed E-state index contributed by atoms with van der Waals surface area (Å²) >= 11 is 0. The summed E-state index contributed by atoms with van der Waals surface area (Å²) in [7, 11) is 0. The summed E-state index contributed by atoms with van der Waals surface area (Å²) in [4.78, 5) is 21.1. The highest BCUT2D eigenvalue weighted by atomic mass is 15.2. The topological polar surface area (TPSA) is 60.9 Å². The number of nitrogens with zero attached hydrogens (tertiary/aromatic N) is 6. The van der Waals surface area contributed by atoms with Crippen LogP contribution in [-0.4, -0.2) is 28.9 Å². The van der Waals surface area contributed by atoms with Crippen LogP contribution in [0.2, 0.25) is 0 Å². The van der Waals surface area contributed by atoms with E-state index in [-0.39, 0.29) is 0 Å². The third kappa shape index (κ3) is 7.93. The molecule has 76 heavy (non-hydrogen) atoms. The minimum atomic E-state index is 0.591. The number of hydrogen-bond acceptors (Lipinski definition) is 4. The van der Waals surface area contributed by atoms with Crippen LogP contribution in [-0.2, 0) is 0 Å². The summed E-state index contributed by atoms with van der Waals surface area (Å²) in [5.74, 6) is 2.64. The van der Waals surface area contributed by atoms with Crippen LogP contribution in [0.3, 0.4) is 0 Å². The predicted molar refractivity (Wildman–Crippen MR) is 312 cm³/mol. The molecule has 0 radical (unpaired) electrons. The molecule has 0 saturated carbocycles. The van der Waals surface area contributed by atoms with E-state index in [1.54, 1.807) is 0 Å². The number of rotatable bonds is 10. The van der Waals surface area contributed by atoms with Crippen LogP contribution >= 0.6 is 0 Å². The van der Waals surface area contributed by atoms with E-state index < -0.39 is 0 Å². The highest BCUT2D eigenvalue weighted by Gasteiger charge is 2.26. The molecule has 0 unspecified atom stereocenters. The summed E-state index contributed by atoms with van der Waals surface area (Å²) in [5.41, 5.74) is 20.9. The molecule has 0 saturated heterocycles. The van der Waals surface area contributed by atoms with Gasteiger partial charge in [-0.05, 0) is 92.0 Å². The van der Waals surface area contributed by atoms with E-state index in [9.17, 15) is 0 Å². The zero-order valence-electron chi connectivity index (χ0n) is 41.2. The molecule has 11 aromatic carbocycles. The SMILES string of the molecule is c1ccc(-c2ccc3nc4n(-c5c(-c6ccccc6)cccc5-c5ccccc5)c5ccc(-c6c(-c7ccccc7)cc(-c7nc(-c8ccccc8)nc(-c8ccccc8)n7)cc6-c6ccccc6)cc5n4c3c2)cc1. The molecule has 14 rings (SSSR count). The van der Waals surface area contributed by atoms with Gasteiger partial charge in [0.15, 0.2) is 17.5 Å². The van der Waals surface area contributed by atoms with Crippen LogP contribution in [0.4, 0.5) is 0 Å². The molecule has 0 spiro atoms. The summed E-state index contributed by atoms with van der Waals surface area (Å²) < 4.78 is 4.76. The van der Waals surface area contributed by atoms with Gasteiger partial charge in [-0.2, -0.15) is 0 Å². The highest BCUT2D eigenvalue weighted by molar-refractivity contribution is 6.03. The number of para-hydroxylation sites is 1. The Morgan fingerprint density at radius 3 is 1.11 bits per heavy atom. The Labute approximate surface area is 440 Å². The van der Waals surface area contributed by atoms with Gasteiger partial charge in [0.25, 0.3) is 0 Å². The van der Waals surface area contributed by atoms with Gasteiger partial charge in [0.05, 0.1) is 27.8 Å². The Morgan fingerprint density at radius 1 is 0.237 bits per heavy atom. The Morgan fingerprint density at radius 2 is 0.632 bits per heavy atom. The second-order valence-electron chi connectivity index (χ2n) is 19.0. The van der Waals surface area contributed by atoms with Crippen LogP contribution in [0.5, 0.6) is 0 Å². The van der Waals surface area contributed by atoms with E-state index in [0.29, 0.717) is 17.5 Å². The molecule has 14 aromatic rings. The fourth-order valence-electron chi connectivity index (χ4n) is 10.8. The minimum absolute atomic E-state index is 0.591. The maximum Gasteiger partial charge on any atom is 0.220 e. The van der Waals surface area contributed by atoms with Crippen molar-refractivity contribution in [3.8, 4) is 107 Å². The first-order chi connectivity index (χ1) is 37.7. The van der Waals surface area contributed by atoms with Gasteiger partial charge in [-0.15, -0.1) is 0 Å². The maximum absolute atomic E-state index is 5.58. The first kappa shape index (κ1) is 44.4. The lowest BCUT2D eigenvalue weighted by molar-refractivity contribution is 1.07. The van der Waals surface area contributed by atoms with Gasteiger partial charge in [0, 0.05) is 27.8 Å². The average Bonchev–Trinajstić information content (AvgIpc) is 4.18. The standard InChI is InChI=1S/C70H46N6/c1-8-23-47(24-9-1)54-39-41-61-63(45-54)75-64-46-55(40-42-62(64)76(70(75)71-61)66-57(48-25-10-2-11-26-48)37-22-38-58(66)49-27-12-3-13-28-49)65-59(50-29-14-4-15-30-50)43-56(44-60(65)51-31-16-5-17-32-51)69-73-67(52-33-18-6-19-34-52)72-68(74-69)53-35-20-7-21-36-53/h1-46H. The Kier molecular flexibility index (Phi) is 11.1. The highest BCUT2D eigenvalue weighted by Crippen LogP contribution is 2.46. The van der Waals surface area contributed by atoms with Crippen molar-refractivity contribution >= 4 is 27.8 Å². The van der Waals surface area contributed by atoms with Crippen LogP contribution in [0.1, 0.15) is 0 Å². The fourth-order valence-corrected chi connectivity index (χ4v) is 10.8. The van der Waals surface area contributed by atoms with Crippen molar-refractivity contribution < 1.29 is 0 Å². The second kappa shape index (κ2) is 19.0. The summed E-state index contributed by atoms with van der Waals surface area (Å²) in [6, 6.07) is 98.5. The molecule has 3 aromatic heterocycles. The van der Waals surface area contributed by atoms with Crippen molar-refractivity contribution in [3.05, 3.63) is 279 Å². The molecular formula is C70H46N6. The number of aromatic nitrogens is 6. The molecule has 0 atom stereocenters. The average molecular weight is 971 g/mol. The van der Waals surface area contributed by atoms with Gasteiger partial charge in [-0.25, -0.2) is 19.9 Å². The monoisotopic (exact) mass is 970 g/mol. The van der Waals surface area contributed by atoms with Gasteiger partial charge in [-0.1, -0.05) is 243 Å². The van der Waals surface area contributed by atoms with Gasteiger partial charge < -0.3 is 0 Å². The molecule has 0 aliphatic carbocycles. The fraction of sp³-hybridized carbons (Fsp3) is 0. The third-order valence-corrected chi connectivity index (χ3v) is 14.4. The first-order valence-electron chi connectivity index (χ1n) is 25.6. The van der Waals surface area contributed by atoms with Gasteiger partial charge >= 0.3 is 0 Å². The van der Waals surface area contributed by atoms with E-state index in [2.05, 4.69) is 252 Å². The molecule has 0 N–H and O–H groups in total. The zero-order chi connectivity index (χ0) is 50.4. The van der Waals surface area contributed by atoms with E-state index in [0.717, 1.165) is 117 Å². The van der Waals surface area contributed by atoms with Gasteiger partial charge in [-0.3, -0.25) is 8.97 Å². The number of imidazole rings is 2. The Hall–Kier alpha value is -10.3. The first-order valence-corrected chi connectivity index (χ1v) is 25.6. The van der Waals surface area contributed by atoms with Crippen LogP contribution in [0.25, 0.3) is 134 Å². The lowest BCUT2D eigenvalue weighted by Crippen LogP contribution is -2.02. The van der Waals surface area contributed by atoms with Crippen LogP contribution in [0.15, 0.2) is 279 Å². The zero-order valence-corrected chi connectivity index (χ0v) is 41.2. The van der Waals surface area contributed by atoms with E-state index in [1.165, 1.54) is 0 Å². The molecule has 6 heteroatoms. The molecule has 0 bridgehead atoms. The lowest BCUT2D eigenvalue weighted by Gasteiger charge is -2.20. The molecule has 356 valence electrons. The summed E-state index contributed by atoms with van der Waals surface area (Å²) in [5, 5.41) is 0. The van der Waals surface area contributed by atoms with Crippen molar-refractivity contribution in [2.75, 3.05) is 0 Å². The van der Waals surface area contributed by atoms with Crippen molar-refractivity contribution in [3.63, 3.8) is 0 Å². The molecule has 0 aliphatic heterocycles. The van der Waals surface area contributed by atoms with Crippen LogP contribution in [0, 0.1) is 0 Å². The lowest BCUT2D eigenvalue weighted by atomic mass is 9.85. The third-order valence-electron chi connectivity index (χ3n) is 14.4. The number of hydrogen-bond donors (Lipinski definition) is 0. The summed E-state index contributed by atoms with van der Waals surface area (Å²) in [6.07, 6.45) is 0. The quantitative estimate of drug-likeness (QED) is 0.137. The number of fused-ring (bicyclic) bond motifs is 5. The Balaban J connectivity index is 1.08. The van der Waals surface area contributed by atoms with Crippen molar-refractivity contribution in [1.29, 1.82) is 0 Å².